The summed E-state index contributed by atoms with van der Waals surface area (Å²) in [4.78, 5) is 0. The molecule has 1 saturated heterocycles. The highest BCUT2D eigenvalue weighted by Crippen LogP contribution is 2.32. The third kappa shape index (κ3) is 2.79. The molecule has 1 aromatic rings. The molecule has 1 fully saturated rings. The van der Waals surface area contributed by atoms with Crippen LogP contribution < -0.4 is 4.74 Å². The standard InChI is InChI=1S/C14H20O3/c1-3-14(10-17-11-14)9-16-8-12-6-4-5-7-13(12)15-2/h4-7H,3,8-11H2,1-2H3. The van der Waals surface area contributed by atoms with Crippen LogP contribution in [0.2, 0.25) is 0 Å². The molecule has 17 heavy (non-hydrogen) atoms. The smallest absolute Gasteiger partial charge is 0.124 e. The van der Waals surface area contributed by atoms with Crippen molar-refractivity contribution in [3.63, 3.8) is 0 Å². The van der Waals surface area contributed by atoms with Gasteiger partial charge in [0.1, 0.15) is 5.75 Å². The van der Waals surface area contributed by atoms with Crippen molar-refractivity contribution < 1.29 is 14.2 Å². The first-order chi connectivity index (χ1) is 8.29. The number of hydrogen-bond acceptors (Lipinski definition) is 3. The molecule has 3 nitrogen and oxygen atoms in total. The van der Waals surface area contributed by atoms with E-state index < -0.39 is 0 Å². The lowest BCUT2D eigenvalue weighted by molar-refractivity contribution is -0.152. The van der Waals surface area contributed by atoms with E-state index in [1.165, 1.54) is 0 Å². The molecule has 0 unspecified atom stereocenters. The quantitative estimate of drug-likeness (QED) is 0.760. The van der Waals surface area contributed by atoms with E-state index in [2.05, 4.69) is 6.92 Å². The predicted molar refractivity (Wildman–Crippen MR) is 66.2 cm³/mol. The number of rotatable bonds is 6. The van der Waals surface area contributed by atoms with Crippen LogP contribution in [0.3, 0.4) is 0 Å². The zero-order chi connectivity index (χ0) is 12.1. The summed E-state index contributed by atoms with van der Waals surface area (Å²) < 4.78 is 16.4. The Kier molecular flexibility index (Phi) is 4.02. The number of ether oxygens (including phenoxy) is 3. The van der Waals surface area contributed by atoms with Gasteiger partial charge in [-0.2, -0.15) is 0 Å². The van der Waals surface area contributed by atoms with Crippen molar-refractivity contribution in [2.45, 2.75) is 20.0 Å². The summed E-state index contributed by atoms with van der Waals surface area (Å²) in [5.41, 5.74) is 1.35. The summed E-state index contributed by atoms with van der Waals surface area (Å²) in [5.74, 6) is 0.892. The first kappa shape index (κ1) is 12.4. The van der Waals surface area contributed by atoms with E-state index in [0.29, 0.717) is 6.61 Å². The maximum absolute atomic E-state index is 5.80. The second-order valence-corrected chi connectivity index (χ2v) is 4.65. The fourth-order valence-corrected chi connectivity index (χ4v) is 1.98. The monoisotopic (exact) mass is 236 g/mol. The number of para-hydroxylation sites is 1. The van der Waals surface area contributed by atoms with E-state index in [-0.39, 0.29) is 5.41 Å². The van der Waals surface area contributed by atoms with Crippen molar-refractivity contribution >= 4 is 0 Å². The van der Waals surface area contributed by atoms with Crippen LogP contribution in [-0.2, 0) is 16.1 Å². The molecule has 94 valence electrons. The third-order valence-corrected chi connectivity index (χ3v) is 3.42. The minimum atomic E-state index is 0.252. The van der Waals surface area contributed by atoms with Crippen molar-refractivity contribution in [3.05, 3.63) is 29.8 Å². The van der Waals surface area contributed by atoms with Gasteiger partial charge in [-0.15, -0.1) is 0 Å². The summed E-state index contributed by atoms with van der Waals surface area (Å²) in [7, 11) is 1.69. The summed E-state index contributed by atoms with van der Waals surface area (Å²) in [6.07, 6.45) is 1.11. The van der Waals surface area contributed by atoms with Gasteiger partial charge in [-0.1, -0.05) is 25.1 Å². The van der Waals surface area contributed by atoms with Crippen molar-refractivity contribution in [2.75, 3.05) is 26.9 Å². The molecule has 0 radical (unpaired) electrons. The molecule has 1 aliphatic heterocycles. The molecule has 1 aromatic carbocycles. The zero-order valence-electron chi connectivity index (χ0n) is 10.6. The molecule has 3 heteroatoms. The van der Waals surface area contributed by atoms with E-state index in [1.807, 2.05) is 24.3 Å². The second-order valence-electron chi connectivity index (χ2n) is 4.65. The normalized spacial score (nSPS) is 17.5. The van der Waals surface area contributed by atoms with Crippen LogP contribution in [0.15, 0.2) is 24.3 Å². The lowest BCUT2D eigenvalue weighted by Gasteiger charge is -2.40. The zero-order valence-corrected chi connectivity index (χ0v) is 10.6. The summed E-state index contributed by atoms with van der Waals surface area (Å²) in [5, 5.41) is 0. The average Bonchev–Trinajstić information content (AvgIpc) is 2.33. The summed E-state index contributed by atoms with van der Waals surface area (Å²) in [6.45, 7) is 5.22. The Balaban J connectivity index is 1.85. The maximum Gasteiger partial charge on any atom is 0.124 e. The summed E-state index contributed by atoms with van der Waals surface area (Å²) in [6, 6.07) is 7.97. The SMILES string of the molecule is CCC1(COCc2ccccc2OC)COC1. The Morgan fingerprint density at radius 1 is 1.29 bits per heavy atom. The van der Waals surface area contributed by atoms with Crippen molar-refractivity contribution in [3.8, 4) is 5.75 Å². The average molecular weight is 236 g/mol. The molecular weight excluding hydrogens is 216 g/mol. The van der Waals surface area contributed by atoms with Crippen LogP contribution in [0.5, 0.6) is 5.75 Å². The van der Waals surface area contributed by atoms with E-state index in [0.717, 1.165) is 37.6 Å². The Morgan fingerprint density at radius 2 is 2.06 bits per heavy atom. The van der Waals surface area contributed by atoms with Crippen LogP contribution in [0.1, 0.15) is 18.9 Å². The van der Waals surface area contributed by atoms with E-state index in [4.69, 9.17) is 14.2 Å². The topological polar surface area (TPSA) is 27.7 Å². The van der Waals surface area contributed by atoms with Crippen LogP contribution in [0.25, 0.3) is 0 Å². The fourth-order valence-electron chi connectivity index (χ4n) is 1.98. The van der Waals surface area contributed by atoms with Gasteiger partial charge >= 0.3 is 0 Å². The largest absolute Gasteiger partial charge is 0.496 e. The Morgan fingerprint density at radius 3 is 2.65 bits per heavy atom. The van der Waals surface area contributed by atoms with Gasteiger partial charge in [-0.05, 0) is 12.5 Å². The number of methoxy groups -OCH3 is 1. The first-order valence-corrected chi connectivity index (χ1v) is 6.07. The molecule has 0 saturated carbocycles. The highest BCUT2D eigenvalue weighted by atomic mass is 16.5. The van der Waals surface area contributed by atoms with Crippen LogP contribution in [0.4, 0.5) is 0 Å². The van der Waals surface area contributed by atoms with Crippen LogP contribution >= 0.6 is 0 Å². The Bertz CT molecular complexity index is 353. The highest BCUT2D eigenvalue weighted by Gasteiger charge is 2.36. The lowest BCUT2D eigenvalue weighted by Crippen LogP contribution is -2.45. The van der Waals surface area contributed by atoms with E-state index in [1.54, 1.807) is 7.11 Å². The van der Waals surface area contributed by atoms with Gasteiger partial charge in [0.25, 0.3) is 0 Å². The molecule has 0 aromatic heterocycles. The first-order valence-electron chi connectivity index (χ1n) is 6.07. The molecule has 0 amide bonds. The molecular formula is C14H20O3. The number of benzene rings is 1. The van der Waals surface area contributed by atoms with Crippen LogP contribution in [-0.4, -0.2) is 26.9 Å². The van der Waals surface area contributed by atoms with Crippen molar-refractivity contribution in [2.24, 2.45) is 5.41 Å². The van der Waals surface area contributed by atoms with Gasteiger partial charge in [0.15, 0.2) is 0 Å². The molecule has 1 aliphatic rings. The van der Waals surface area contributed by atoms with Crippen molar-refractivity contribution in [1.29, 1.82) is 0 Å². The van der Waals surface area contributed by atoms with Crippen LogP contribution in [0, 0.1) is 5.41 Å². The Labute approximate surface area is 103 Å². The van der Waals surface area contributed by atoms with Crippen molar-refractivity contribution in [1.82, 2.24) is 0 Å². The minimum Gasteiger partial charge on any atom is -0.496 e. The maximum atomic E-state index is 5.80. The Hall–Kier alpha value is -1.06. The fraction of sp³-hybridized carbons (Fsp3) is 0.571. The summed E-state index contributed by atoms with van der Waals surface area (Å²) >= 11 is 0. The second kappa shape index (κ2) is 5.52. The molecule has 1 heterocycles. The molecule has 0 N–H and O–H groups in total. The van der Waals surface area contributed by atoms with E-state index in [9.17, 15) is 0 Å². The van der Waals surface area contributed by atoms with Gasteiger partial charge in [0, 0.05) is 11.0 Å². The third-order valence-electron chi connectivity index (χ3n) is 3.42. The highest BCUT2D eigenvalue weighted by molar-refractivity contribution is 5.32. The molecule has 2 rings (SSSR count). The molecule has 0 bridgehead atoms. The molecule has 0 spiro atoms. The van der Waals surface area contributed by atoms with Gasteiger partial charge in [-0.25, -0.2) is 0 Å². The number of hydrogen-bond donors (Lipinski definition) is 0. The lowest BCUT2D eigenvalue weighted by atomic mass is 9.84. The minimum absolute atomic E-state index is 0.252. The molecule has 0 aliphatic carbocycles. The predicted octanol–water partition coefficient (Wildman–Crippen LogP) is 2.64. The van der Waals surface area contributed by atoms with Gasteiger partial charge in [-0.3, -0.25) is 0 Å². The molecule has 0 atom stereocenters. The van der Waals surface area contributed by atoms with E-state index >= 15 is 0 Å². The van der Waals surface area contributed by atoms with Gasteiger partial charge in [0.05, 0.1) is 33.5 Å². The van der Waals surface area contributed by atoms with Gasteiger partial charge in [0.2, 0.25) is 0 Å². The van der Waals surface area contributed by atoms with Gasteiger partial charge < -0.3 is 14.2 Å².